The Morgan fingerprint density at radius 2 is 1.86 bits per heavy atom. The molecule has 0 saturated carbocycles. The number of ether oxygens (including phenoxy) is 2. The van der Waals surface area contributed by atoms with Crippen molar-refractivity contribution in [2.45, 2.75) is 6.42 Å². The molecule has 0 spiro atoms. The van der Waals surface area contributed by atoms with E-state index in [0.29, 0.717) is 42.0 Å². The lowest BCUT2D eigenvalue weighted by molar-refractivity contribution is 0.102. The van der Waals surface area contributed by atoms with Gasteiger partial charge in [0.05, 0.1) is 0 Å². The quantitative estimate of drug-likeness (QED) is 0.691. The van der Waals surface area contributed by atoms with Crippen molar-refractivity contribution < 1.29 is 14.3 Å². The molecule has 1 aliphatic heterocycles. The first-order chi connectivity index (χ1) is 14.2. The van der Waals surface area contributed by atoms with Gasteiger partial charge in [-0.05, 0) is 42.3 Å². The van der Waals surface area contributed by atoms with Gasteiger partial charge in [-0.25, -0.2) is 9.97 Å². The molecule has 3 aromatic rings. The smallest absolute Gasteiger partial charge is 0.274 e. The van der Waals surface area contributed by atoms with Crippen LogP contribution in [0.25, 0.3) is 0 Å². The lowest BCUT2D eigenvalue weighted by atomic mass is 10.2. The molecule has 1 aliphatic rings. The van der Waals surface area contributed by atoms with Crippen molar-refractivity contribution >= 4 is 17.5 Å². The number of aromatic nitrogens is 3. The molecule has 1 N–H and O–H groups in total. The maximum absolute atomic E-state index is 12.6. The lowest BCUT2D eigenvalue weighted by Crippen LogP contribution is -2.24. The average Bonchev–Trinajstić information content (AvgIpc) is 2.78. The molecule has 2 aromatic heterocycles. The fourth-order valence-electron chi connectivity index (χ4n) is 2.92. The second kappa shape index (κ2) is 8.55. The highest BCUT2D eigenvalue weighted by Crippen LogP contribution is 2.32. The molecule has 4 rings (SSSR count). The Balaban J connectivity index is 1.41. The number of likely N-dealkylation sites (N-methyl/N-ethyl adjacent to an activating group) is 1. The van der Waals surface area contributed by atoms with Crippen LogP contribution in [-0.4, -0.2) is 47.7 Å². The SMILES string of the molecule is CN(CCc1ccncc1)c1nccc(C(=O)Nc2ccc3c(c2)OCCO3)n1. The van der Waals surface area contributed by atoms with Crippen LogP contribution in [0.4, 0.5) is 11.6 Å². The Bertz CT molecular complexity index is 997. The Labute approximate surface area is 168 Å². The molecule has 0 radical (unpaired) electrons. The molecule has 0 aliphatic carbocycles. The Kier molecular flexibility index (Phi) is 5.51. The standard InChI is InChI=1S/C21H21N5O3/c1-26(11-7-15-4-8-22-9-5-15)21-23-10-6-17(25-21)20(27)24-16-2-3-18-19(14-16)29-13-12-28-18/h2-6,8-10,14H,7,11-13H2,1H3,(H,24,27). The van der Waals surface area contributed by atoms with Crippen LogP contribution in [0.2, 0.25) is 0 Å². The molecule has 148 valence electrons. The summed E-state index contributed by atoms with van der Waals surface area (Å²) >= 11 is 0. The molecular weight excluding hydrogens is 370 g/mol. The zero-order chi connectivity index (χ0) is 20.1. The van der Waals surface area contributed by atoms with Crippen LogP contribution in [0.3, 0.4) is 0 Å². The Morgan fingerprint density at radius 3 is 2.69 bits per heavy atom. The fraction of sp³-hybridized carbons (Fsp3) is 0.238. The first-order valence-corrected chi connectivity index (χ1v) is 9.33. The molecule has 0 fully saturated rings. The average molecular weight is 391 g/mol. The highest BCUT2D eigenvalue weighted by atomic mass is 16.6. The van der Waals surface area contributed by atoms with E-state index in [9.17, 15) is 4.79 Å². The van der Waals surface area contributed by atoms with E-state index in [-0.39, 0.29) is 5.91 Å². The summed E-state index contributed by atoms with van der Waals surface area (Å²) in [5.41, 5.74) is 2.09. The van der Waals surface area contributed by atoms with Crippen molar-refractivity contribution in [2.75, 3.05) is 37.0 Å². The second-order valence-electron chi connectivity index (χ2n) is 6.58. The van der Waals surface area contributed by atoms with Gasteiger partial charge in [-0.3, -0.25) is 9.78 Å². The van der Waals surface area contributed by atoms with Crippen molar-refractivity contribution in [1.29, 1.82) is 0 Å². The molecular formula is C21H21N5O3. The summed E-state index contributed by atoms with van der Waals surface area (Å²) in [6, 6.07) is 10.8. The number of carbonyl (C=O) groups is 1. The van der Waals surface area contributed by atoms with E-state index in [1.807, 2.05) is 24.1 Å². The predicted molar refractivity (Wildman–Crippen MR) is 109 cm³/mol. The maximum Gasteiger partial charge on any atom is 0.274 e. The Morgan fingerprint density at radius 1 is 1.07 bits per heavy atom. The maximum atomic E-state index is 12.6. The molecule has 1 aromatic carbocycles. The molecule has 0 saturated heterocycles. The van der Waals surface area contributed by atoms with Crippen molar-refractivity contribution in [2.24, 2.45) is 0 Å². The molecule has 1 amide bonds. The van der Waals surface area contributed by atoms with E-state index in [2.05, 4.69) is 20.3 Å². The van der Waals surface area contributed by atoms with Gasteiger partial charge in [0.15, 0.2) is 11.5 Å². The van der Waals surface area contributed by atoms with Crippen LogP contribution in [0.5, 0.6) is 11.5 Å². The Hall–Kier alpha value is -3.68. The summed E-state index contributed by atoms with van der Waals surface area (Å²) < 4.78 is 11.1. The summed E-state index contributed by atoms with van der Waals surface area (Å²) in [6.07, 6.45) is 5.96. The van der Waals surface area contributed by atoms with Crippen molar-refractivity contribution in [3.63, 3.8) is 0 Å². The molecule has 0 unspecified atom stereocenters. The first kappa shape index (κ1) is 18.7. The number of fused-ring (bicyclic) bond motifs is 1. The van der Waals surface area contributed by atoms with E-state index in [1.165, 1.54) is 5.56 Å². The minimum Gasteiger partial charge on any atom is -0.486 e. The molecule has 3 heterocycles. The number of benzene rings is 1. The third kappa shape index (κ3) is 4.60. The van der Waals surface area contributed by atoms with Gasteiger partial charge in [0.25, 0.3) is 5.91 Å². The van der Waals surface area contributed by atoms with E-state index in [0.717, 1.165) is 13.0 Å². The van der Waals surface area contributed by atoms with Crippen LogP contribution in [0, 0.1) is 0 Å². The highest BCUT2D eigenvalue weighted by Gasteiger charge is 2.15. The number of nitrogens with zero attached hydrogens (tertiary/aromatic N) is 4. The number of carbonyl (C=O) groups excluding carboxylic acids is 1. The minimum absolute atomic E-state index is 0.292. The van der Waals surface area contributed by atoms with Gasteiger partial charge < -0.3 is 19.7 Å². The van der Waals surface area contributed by atoms with Gasteiger partial charge in [-0.15, -0.1) is 0 Å². The number of amides is 1. The molecule has 29 heavy (non-hydrogen) atoms. The van der Waals surface area contributed by atoms with Crippen molar-refractivity contribution in [1.82, 2.24) is 15.0 Å². The van der Waals surface area contributed by atoms with Gasteiger partial charge in [0.2, 0.25) is 5.95 Å². The van der Waals surface area contributed by atoms with Crippen LogP contribution < -0.4 is 19.7 Å². The third-order valence-electron chi connectivity index (χ3n) is 4.50. The van der Waals surface area contributed by atoms with Gasteiger partial charge in [-0.1, -0.05) is 0 Å². The zero-order valence-corrected chi connectivity index (χ0v) is 16.0. The summed E-state index contributed by atoms with van der Waals surface area (Å²) in [5, 5.41) is 2.84. The summed E-state index contributed by atoms with van der Waals surface area (Å²) in [6.45, 7) is 1.74. The normalized spacial score (nSPS) is 12.3. The summed E-state index contributed by atoms with van der Waals surface area (Å²) in [7, 11) is 1.90. The number of nitrogens with one attached hydrogen (secondary N) is 1. The van der Waals surface area contributed by atoms with E-state index in [1.54, 1.807) is 42.9 Å². The molecule has 8 nitrogen and oxygen atoms in total. The first-order valence-electron chi connectivity index (χ1n) is 9.33. The predicted octanol–water partition coefficient (Wildman–Crippen LogP) is 2.57. The summed E-state index contributed by atoms with van der Waals surface area (Å²) in [5.74, 6) is 1.48. The van der Waals surface area contributed by atoms with Crippen LogP contribution >= 0.6 is 0 Å². The number of hydrogen-bond donors (Lipinski definition) is 1. The van der Waals surface area contributed by atoms with E-state index in [4.69, 9.17) is 9.47 Å². The van der Waals surface area contributed by atoms with Crippen molar-refractivity contribution in [3.8, 4) is 11.5 Å². The lowest BCUT2D eigenvalue weighted by Gasteiger charge is -2.19. The van der Waals surface area contributed by atoms with Crippen LogP contribution in [-0.2, 0) is 6.42 Å². The van der Waals surface area contributed by atoms with Crippen molar-refractivity contribution in [3.05, 3.63) is 66.2 Å². The van der Waals surface area contributed by atoms with Gasteiger partial charge in [0, 0.05) is 43.9 Å². The topological polar surface area (TPSA) is 89.5 Å². The highest BCUT2D eigenvalue weighted by molar-refractivity contribution is 6.03. The number of pyridine rings is 1. The van der Waals surface area contributed by atoms with Gasteiger partial charge in [-0.2, -0.15) is 0 Å². The monoisotopic (exact) mass is 391 g/mol. The number of rotatable bonds is 6. The minimum atomic E-state index is -0.312. The molecule has 8 heteroatoms. The van der Waals surface area contributed by atoms with Gasteiger partial charge in [0.1, 0.15) is 18.9 Å². The second-order valence-corrected chi connectivity index (χ2v) is 6.58. The van der Waals surface area contributed by atoms with E-state index >= 15 is 0 Å². The van der Waals surface area contributed by atoms with Crippen LogP contribution in [0.1, 0.15) is 16.1 Å². The van der Waals surface area contributed by atoms with Crippen LogP contribution in [0.15, 0.2) is 55.0 Å². The summed E-state index contributed by atoms with van der Waals surface area (Å²) in [4.78, 5) is 27.3. The molecule has 0 bridgehead atoms. The zero-order valence-electron chi connectivity index (χ0n) is 16.0. The largest absolute Gasteiger partial charge is 0.486 e. The third-order valence-corrected chi connectivity index (χ3v) is 4.50. The fourth-order valence-corrected chi connectivity index (χ4v) is 2.92. The van der Waals surface area contributed by atoms with Gasteiger partial charge >= 0.3 is 0 Å². The van der Waals surface area contributed by atoms with E-state index < -0.39 is 0 Å². The number of hydrogen-bond acceptors (Lipinski definition) is 7. The molecule has 0 atom stereocenters. The number of anilines is 2.